The summed E-state index contributed by atoms with van der Waals surface area (Å²) < 4.78 is 26.7. The summed E-state index contributed by atoms with van der Waals surface area (Å²) in [6.45, 7) is 1.68. The molecule has 0 radical (unpaired) electrons. The second-order valence-corrected chi connectivity index (χ2v) is 3.72. The van der Waals surface area contributed by atoms with Gasteiger partial charge in [-0.2, -0.15) is 0 Å². The maximum atomic E-state index is 13.3. The van der Waals surface area contributed by atoms with Crippen LogP contribution < -0.4 is 5.73 Å². The highest BCUT2D eigenvalue weighted by molar-refractivity contribution is 6.30. The van der Waals surface area contributed by atoms with Gasteiger partial charge in [0.25, 0.3) is 0 Å². The average Bonchev–Trinajstić information content (AvgIpc) is 2.14. The summed E-state index contributed by atoms with van der Waals surface area (Å²) in [5, 5.41) is 9.37. The van der Waals surface area contributed by atoms with Crippen molar-refractivity contribution in [2.75, 3.05) is 0 Å². The molecule has 92 valence electrons. The molecule has 0 aromatic heterocycles. The van der Waals surface area contributed by atoms with E-state index in [2.05, 4.69) is 0 Å². The van der Waals surface area contributed by atoms with Gasteiger partial charge < -0.3 is 10.8 Å². The van der Waals surface area contributed by atoms with E-state index in [9.17, 15) is 13.9 Å². The second-order valence-electron chi connectivity index (χ2n) is 3.28. The summed E-state index contributed by atoms with van der Waals surface area (Å²) in [7, 11) is 0. The molecule has 0 unspecified atom stereocenters. The van der Waals surface area contributed by atoms with Crippen molar-refractivity contribution in [3.63, 3.8) is 0 Å². The van der Waals surface area contributed by atoms with Gasteiger partial charge in [-0.25, -0.2) is 8.78 Å². The Kier molecular flexibility index (Phi) is 6.18. The lowest BCUT2D eigenvalue weighted by atomic mass is 9.99. The number of hydrogen-bond acceptors (Lipinski definition) is 2. The van der Waals surface area contributed by atoms with Crippen LogP contribution in [0.3, 0.4) is 0 Å². The number of aliphatic hydroxyl groups is 1. The zero-order valence-electron chi connectivity index (χ0n) is 8.58. The number of halogens is 4. The molecule has 2 nitrogen and oxygen atoms in total. The molecule has 0 bridgehead atoms. The van der Waals surface area contributed by atoms with Crippen LogP contribution in [0.25, 0.3) is 0 Å². The fraction of sp³-hybridized carbons (Fsp3) is 0.400. The summed E-state index contributed by atoms with van der Waals surface area (Å²) in [6, 6.07) is 0.872. The lowest BCUT2D eigenvalue weighted by molar-refractivity contribution is 0.137. The molecule has 0 fully saturated rings. The molecule has 0 saturated heterocycles. The number of hydrogen-bond donors (Lipinski definition) is 2. The van der Waals surface area contributed by atoms with Crippen LogP contribution in [0.1, 0.15) is 24.9 Å². The number of nitrogens with two attached hydrogens (primary N) is 1. The van der Waals surface area contributed by atoms with E-state index in [0.29, 0.717) is 6.42 Å². The van der Waals surface area contributed by atoms with E-state index in [4.69, 9.17) is 17.3 Å². The summed E-state index contributed by atoms with van der Waals surface area (Å²) in [5.41, 5.74) is 5.20. The predicted octanol–water partition coefficient (Wildman–Crippen LogP) is 2.81. The van der Waals surface area contributed by atoms with E-state index in [1.165, 1.54) is 0 Å². The van der Waals surface area contributed by atoms with E-state index >= 15 is 0 Å². The molecular weight excluding hydrogens is 259 g/mol. The van der Waals surface area contributed by atoms with Gasteiger partial charge in [-0.05, 0) is 18.6 Å². The van der Waals surface area contributed by atoms with Crippen LogP contribution in [0.15, 0.2) is 12.1 Å². The van der Waals surface area contributed by atoms with Gasteiger partial charge in [0, 0.05) is 10.6 Å². The first-order valence-electron chi connectivity index (χ1n) is 4.55. The monoisotopic (exact) mass is 271 g/mol. The van der Waals surface area contributed by atoms with Gasteiger partial charge in [0.1, 0.15) is 11.6 Å². The van der Waals surface area contributed by atoms with Crippen LogP contribution in [-0.4, -0.2) is 11.2 Å². The van der Waals surface area contributed by atoms with Gasteiger partial charge in [0.2, 0.25) is 0 Å². The number of rotatable bonds is 3. The lowest BCUT2D eigenvalue weighted by Gasteiger charge is -2.18. The zero-order chi connectivity index (χ0) is 11.6. The van der Waals surface area contributed by atoms with Crippen LogP contribution in [0, 0.1) is 11.6 Å². The quantitative estimate of drug-likeness (QED) is 0.888. The van der Waals surface area contributed by atoms with Gasteiger partial charge in [0.05, 0.1) is 12.1 Å². The van der Waals surface area contributed by atoms with E-state index in [1.54, 1.807) is 6.92 Å². The maximum Gasteiger partial charge on any atom is 0.132 e. The van der Waals surface area contributed by atoms with Crippen molar-refractivity contribution < 1.29 is 13.9 Å². The molecular formula is C10H13Cl2F2NO. The lowest BCUT2D eigenvalue weighted by Crippen LogP contribution is -2.27. The molecule has 3 N–H and O–H groups in total. The number of benzene rings is 1. The first kappa shape index (κ1) is 15.6. The van der Waals surface area contributed by atoms with Gasteiger partial charge in [-0.3, -0.25) is 0 Å². The molecule has 16 heavy (non-hydrogen) atoms. The van der Waals surface area contributed by atoms with Crippen molar-refractivity contribution in [1.29, 1.82) is 0 Å². The Hall–Kier alpha value is -0.420. The van der Waals surface area contributed by atoms with Crippen molar-refractivity contribution >= 4 is 24.0 Å². The Bertz CT molecular complexity index is 340. The molecule has 0 heterocycles. The third-order valence-electron chi connectivity index (χ3n) is 2.21. The molecule has 1 aromatic carbocycles. The highest BCUT2D eigenvalue weighted by Crippen LogP contribution is 2.25. The highest BCUT2D eigenvalue weighted by Gasteiger charge is 2.22. The Morgan fingerprint density at radius 1 is 1.38 bits per heavy atom. The minimum atomic E-state index is -1.08. The van der Waals surface area contributed by atoms with Gasteiger partial charge in [-0.1, -0.05) is 18.5 Å². The van der Waals surface area contributed by atoms with E-state index in [1.807, 2.05) is 0 Å². The van der Waals surface area contributed by atoms with Crippen molar-refractivity contribution in [3.8, 4) is 0 Å². The van der Waals surface area contributed by atoms with Gasteiger partial charge in [-0.15, -0.1) is 12.4 Å². The summed E-state index contributed by atoms with van der Waals surface area (Å²) in [4.78, 5) is 0. The molecule has 0 aliphatic rings. The van der Waals surface area contributed by atoms with Crippen molar-refractivity contribution in [2.45, 2.75) is 25.5 Å². The minimum Gasteiger partial charge on any atom is -0.391 e. The van der Waals surface area contributed by atoms with Crippen molar-refractivity contribution in [2.24, 2.45) is 5.73 Å². The maximum absolute atomic E-state index is 13.3. The molecule has 1 rings (SSSR count). The first-order valence-corrected chi connectivity index (χ1v) is 4.93. The fourth-order valence-electron chi connectivity index (χ4n) is 1.32. The highest BCUT2D eigenvalue weighted by atomic mass is 35.5. The van der Waals surface area contributed by atoms with Crippen molar-refractivity contribution in [1.82, 2.24) is 0 Å². The van der Waals surface area contributed by atoms with Crippen LogP contribution in [0.5, 0.6) is 0 Å². The summed E-state index contributed by atoms with van der Waals surface area (Å²) >= 11 is 5.46. The van der Waals surface area contributed by atoms with Crippen molar-refractivity contribution in [3.05, 3.63) is 34.4 Å². The molecule has 6 heteroatoms. The SMILES string of the molecule is CC[C@H](O)[C@H](N)c1c(F)cc(Cl)cc1F.Cl. The molecule has 0 amide bonds. The number of aliphatic hydroxyl groups excluding tert-OH is 1. The molecule has 1 aromatic rings. The Balaban J connectivity index is 0.00000225. The van der Waals surface area contributed by atoms with Gasteiger partial charge in [0.15, 0.2) is 0 Å². The zero-order valence-corrected chi connectivity index (χ0v) is 10.2. The van der Waals surface area contributed by atoms with E-state index in [0.717, 1.165) is 12.1 Å². The predicted molar refractivity (Wildman–Crippen MR) is 61.8 cm³/mol. The molecule has 0 aliphatic carbocycles. The normalized spacial score (nSPS) is 14.1. The fourth-order valence-corrected chi connectivity index (χ4v) is 1.51. The standard InChI is InChI=1S/C10H12ClF2NO.ClH/c1-2-8(15)10(14)9-6(12)3-5(11)4-7(9)13;/h3-4,8,10,15H,2,14H2,1H3;1H/t8-,10-;/m0./s1. The molecule has 0 spiro atoms. The van der Waals surface area contributed by atoms with E-state index in [-0.39, 0.29) is 23.0 Å². The summed E-state index contributed by atoms with van der Waals surface area (Å²) in [6.07, 6.45) is -0.655. The Morgan fingerprint density at radius 2 is 1.81 bits per heavy atom. The van der Waals surface area contributed by atoms with Gasteiger partial charge >= 0.3 is 0 Å². The van der Waals surface area contributed by atoms with Crippen LogP contribution in [-0.2, 0) is 0 Å². The minimum absolute atomic E-state index is 0. The Morgan fingerprint density at radius 3 is 2.19 bits per heavy atom. The largest absolute Gasteiger partial charge is 0.391 e. The van der Waals surface area contributed by atoms with Crippen LogP contribution in [0.4, 0.5) is 8.78 Å². The van der Waals surface area contributed by atoms with E-state index < -0.39 is 23.8 Å². The van der Waals surface area contributed by atoms with Crippen LogP contribution >= 0.6 is 24.0 Å². The molecule has 0 saturated carbocycles. The Labute approximate surface area is 104 Å². The first-order chi connectivity index (χ1) is 6.97. The topological polar surface area (TPSA) is 46.2 Å². The summed E-state index contributed by atoms with van der Waals surface area (Å²) in [5.74, 6) is -1.67. The second kappa shape index (κ2) is 6.35. The van der Waals surface area contributed by atoms with Crippen LogP contribution in [0.2, 0.25) is 5.02 Å². The smallest absolute Gasteiger partial charge is 0.132 e. The molecule has 2 atom stereocenters. The average molecular weight is 272 g/mol. The molecule has 0 aliphatic heterocycles. The third kappa shape index (κ3) is 3.28. The third-order valence-corrected chi connectivity index (χ3v) is 2.43.